The maximum Gasteiger partial charge on any atom is 0.226 e. The highest BCUT2D eigenvalue weighted by atomic mass is 32.2. The van der Waals surface area contributed by atoms with Crippen LogP contribution >= 0.6 is 0 Å². The quantitative estimate of drug-likeness (QED) is 0.852. The van der Waals surface area contributed by atoms with Crippen molar-refractivity contribution < 1.29 is 13.2 Å². The predicted molar refractivity (Wildman–Crippen MR) is 99.9 cm³/mol. The SMILES string of the molecule is O=C(C1CC12CCNCC2)N1CCN(S(=O)(=O)Cc2ccccc2)CC1. The zero-order valence-corrected chi connectivity index (χ0v) is 15.9. The normalized spacial score (nSPS) is 26.0. The molecular weight excluding hydrogens is 350 g/mol. The van der Waals surface area contributed by atoms with Crippen LogP contribution in [0.2, 0.25) is 0 Å². The van der Waals surface area contributed by atoms with Crippen molar-refractivity contribution in [1.29, 1.82) is 0 Å². The van der Waals surface area contributed by atoms with Crippen molar-refractivity contribution in [3.05, 3.63) is 35.9 Å². The van der Waals surface area contributed by atoms with Gasteiger partial charge in [-0.25, -0.2) is 8.42 Å². The minimum atomic E-state index is -3.33. The summed E-state index contributed by atoms with van der Waals surface area (Å²) in [6, 6.07) is 9.26. The average molecular weight is 378 g/mol. The van der Waals surface area contributed by atoms with Gasteiger partial charge in [0, 0.05) is 32.1 Å². The molecule has 7 heteroatoms. The molecule has 3 aliphatic rings. The third kappa shape index (κ3) is 3.52. The number of benzene rings is 1. The molecule has 1 amide bonds. The number of hydrogen-bond acceptors (Lipinski definition) is 4. The van der Waals surface area contributed by atoms with Crippen LogP contribution in [0.25, 0.3) is 0 Å². The Hall–Kier alpha value is -1.44. The van der Waals surface area contributed by atoms with Crippen molar-refractivity contribution in [3.8, 4) is 0 Å². The maximum atomic E-state index is 12.8. The lowest BCUT2D eigenvalue weighted by Crippen LogP contribution is -2.51. The van der Waals surface area contributed by atoms with E-state index in [-0.39, 0.29) is 23.0 Å². The van der Waals surface area contributed by atoms with Gasteiger partial charge in [-0.2, -0.15) is 4.31 Å². The lowest BCUT2D eigenvalue weighted by Gasteiger charge is -2.35. The van der Waals surface area contributed by atoms with Crippen LogP contribution in [0.4, 0.5) is 0 Å². The molecule has 0 bridgehead atoms. The first kappa shape index (κ1) is 17.9. The van der Waals surface area contributed by atoms with Crippen LogP contribution in [0, 0.1) is 11.3 Å². The average Bonchev–Trinajstić information content (AvgIpc) is 3.35. The largest absolute Gasteiger partial charge is 0.340 e. The van der Waals surface area contributed by atoms with Crippen LogP contribution < -0.4 is 5.32 Å². The summed E-state index contributed by atoms with van der Waals surface area (Å²) in [7, 11) is -3.33. The summed E-state index contributed by atoms with van der Waals surface area (Å²) in [6.45, 7) is 3.85. The summed E-state index contributed by atoms with van der Waals surface area (Å²) in [6.07, 6.45) is 3.20. The highest BCUT2D eigenvalue weighted by Crippen LogP contribution is 2.59. The number of sulfonamides is 1. The number of nitrogens with one attached hydrogen (secondary N) is 1. The first-order valence-electron chi connectivity index (χ1n) is 9.51. The summed E-state index contributed by atoms with van der Waals surface area (Å²) in [5, 5.41) is 3.36. The molecule has 0 radical (unpaired) electrons. The van der Waals surface area contributed by atoms with Crippen molar-refractivity contribution in [2.45, 2.75) is 25.0 Å². The minimum absolute atomic E-state index is 0.0283. The van der Waals surface area contributed by atoms with Crippen LogP contribution in [0.5, 0.6) is 0 Å². The minimum Gasteiger partial charge on any atom is -0.340 e. The van der Waals surface area contributed by atoms with Crippen LogP contribution in [0.15, 0.2) is 30.3 Å². The van der Waals surface area contributed by atoms with Gasteiger partial charge in [0.15, 0.2) is 0 Å². The fourth-order valence-electron chi connectivity index (χ4n) is 4.46. The number of carbonyl (C=O) groups excluding carboxylic acids is 1. The van der Waals surface area contributed by atoms with Crippen molar-refractivity contribution in [2.24, 2.45) is 11.3 Å². The van der Waals surface area contributed by atoms with E-state index in [1.165, 1.54) is 4.31 Å². The van der Waals surface area contributed by atoms with Crippen LogP contribution in [-0.4, -0.2) is 62.8 Å². The first-order chi connectivity index (χ1) is 12.5. The van der Waals surface area contributed by atoms with Crippen molar-refractivity contribution >= 4 is 15.9 Å². The highest BCUT2D eigenvalue weighted by Gasteiger charge is 2.58. The van der Waals surface area contributed by atoms with E-state index < -0.39 is 10.0 Å². The molecule has 1 aromatic carbocycles. The molecule has 1 aromatic rings. The monoisotopic (exact) mass is 377 g/mol. The fraction of sp³-hybridized carbons (Fsp3) is 0.632. The van der Waals surface area contributed by atoms with Gasteiger partial charge >= 0.3 is 0 Å². The van der Waals surface area contributed by atoms with Gasteiger partial charge in [0.2, 0.25) is 15.9 Å². The van der Waals surface area contributed by atoms with Gasteiger partial charge in [-0.3, -0.25) is 4.79 Å². The zero-order valence-electron chi connectivity index (χ0n) is 15.1. The molecule has 1 atom stereocenters. The van der Waals surface area contributed by atoms with E-state index in [9.17, 15) is 13.2 Å². The summed E-state index contributed by atoms with van der Waals surface area (Å²) in [5.41, 5.74) is 1.04. The molecule has 0 aromatic heterocycles. The van der Waals surface area contributed by atoms with E-state index >= 15 is 0 Å². The Morgan fingerprint density at radius 2 is 1.73 bits per heavy atom. The number of carbonyl (C=O) groups is 1. The van der Waals surface area contributed by atoms with E-state index in [1.54, 1.807) is 0 Å². The summed E-state index contributed by atoms with van der Waals surface area (Å²) in [4.78, 5) is 14.7. The predicted octanol–water partition coefficient (Wildman–Crippen LogP) is 1.05. The van der Waals surface area contributed by atoms with Gasteiger partial charge < -0.3 is 10.2 Å². The standard InChI is InChI=1S/C19H27N3O3S/c23-18(17-14-19(17)6-8-20-9-7-19)21-10-12-22(13-11-21)26(24,25)15-16-4-2-1-3-5-16/h1-5,17,20H,6-15H2. The van der Waals surface area contributed by atoms with E-state index in [0.29, 0.717) is 26.2 Å². The van der Waals surface area contributed by atoms with Crippen molar-refractivity contribution in [1.82, 2.24) is 14.5 Å². The molecule has 142 valence electrons. The lowest BCUT2D eigenvalue weighted by molar-refractivity contribution is -0.134. The van der Waals surface area contributed by atoms with Crippen molar-refractivity contribution in [2.75, 3.05) is 39.3 Å². The zero-order chi connectivity index (χ0) is 18.2. The Balaban J connectivity index is 1.32. The van der Waals surface area contributed by atoms with E-state index in [0.717, 1.165) is 37.9 Å². The number of amides is 1. The van der Waals surface area contributed by atoms with E-state index in [1.807, 2.05) is 35.2 Å². The third-order valence-electron chi connectivity index (χ3n) is 6.22. The number of rotatable bonds is 4. The van der Waals surface area contributed by atoms with Crippen LogP contribution in [0.1, 0.15) is 24.8 Å². The van der Waals surface area contributed by atoms with Gasteiger partial charge in [-0.15, -0.1) is 0 Å². The Labute approximate surface area is 155 Å². The number of hydrogen-bond donors (Lipinski definition) is 1. The Morgan fingerprint density at radius 3 is 2.38 bits per heavy atom. The summed E-state index contributed by atoms with van der Waals surface area (Å²) < 4.78 is 26.8. The molecule has 4 rings (SSSR count). The molecule has 1 spiro atoms. The van der Waals surface area contributed by atoms with Crippen LogP contribution in [-0.2, 0) is 20.6 Å². The van der Waals surface area contributed by atoms with Gasteiger partial charge in [-0.05, 0) is 43.3 Å². The number of piperidine rings is 1. The first-order valence-corrected chi connectivity index (χ1v) is 11.1. The smallest absolute Gasteiger partial charge is 0.226 e. The van der Waals surface area contributed by atoms with Gasteiger partial charge in [-0.1, -0.05) is 30.3 Å². The Kier molecular flexibility index (Phi) is 4.79. The highest BCUT2D eigenvalue weighted by molar-refractivity contribution is 7.88. The van der Waals surface area contributed by atoms with E-state index in [4.69, 9.17) is 0 Å². The number of nitrogens with zero attached hydrogens (tertiary/aromatic N) is 2. The molecule has 3 fully saturated rings. The summed E-state index contributed by atoms with van der Waals surface area (Å²) >= 11 is 0. The Bertz CT molecular complexity index is 751. The van der Waals surface area contributed by atoms with Gasteiger partial charge in [0.25, 0.3) is 0 Å². The molecule has 1 saturated carbocycles. The lowest BCUT2D eigenvalue weighted by atomic mass is 9.91. The second kappa shape index (κ2) is 6.94. The maximum absolute atomic E-state index is 12.8. The molecule has 1 N–H and O–H groups in total. The molecule has 2 saturated heterocycles. The molecular formula is C19H27N3O3S. The third-order valence-corrected chi connectivity index (χ3v) is 8.07. The van der Waals surface area contributed by atoms with E-state index in [2.05, 4.69) is 5.32 Å². The summed E-state index contributed by atoms with van der Waals surface area (Å²) in [5.74, 6) is 0.435. The fourth-order valence-corrected chi connectivity index (χ4v) is 5.97. The number of piperazine rings is 1. The molecule has 6 nitrogen and oxygen atoms in total. The van der Waals surface area contributed by atoms with Crippen molar-refractivity contribution in [3.63, 3.8) is 0 Å². The molecule has 1 aliphatic carbocycles. The second-order valence-electron chi connectivity index (χ2n) is 7.84. The topological polar surface area (TPSA) is 69.7 Å². The molecule has 2 heterocycles. The van der Waals surface area contributed by atoms with Crippen LogP contribution in [0.3, 0.4) is 0 Å². The molecule has 26 heavy (non-hydrogen) atoms. The molecule has 1 unspecified atom stereocenters. The Morgan fingerprint density at radius 1 is 1.08 bits per heavy atom. The van der Waals surface area contributed by atoms with Gasteiger partial charge in [0.1, 0.15) is 0 Å². The second-order valence-corrected chi connectivity index (χ2v) is 9.80. The molecule has 2 aliphatic heterocycles. The van der Waals surface area contributed by atoms with Gasteiger partial charge in [0.05, 0.1) is 5.75 Å².